The van der Waals surface area contributed by atoms with Crippen LogP contribution >= 0.6 is 7.60 Å². The molecule has 0 aliphatic rings. The highest BCUT2D eigenvalue weighted by atomic mass is 31.2. The smallest absolute Gasteiger partial charge is 0.337 e. The monoisotopic (exact) mass is 576 g/mol. The van der Waals surface area contributed by atoms with Crippen molar-refractivity contribution < 1.29 is 27.6 Å². The summed E-state index contributed by atoms with van der Waals surface area (Å²) in [4.78, 5) is 12.4. The van der Waals surface area contributed by atoms with Gasteiger partial charge in [-0.1, -0.05) is 86.3 Å². The molecule has 0 saturated carbocycles. The Morgan fingerprint density at radius 1 is 0.811 bits per heavy atom. The van der Waals surface area contributed by atoms with Crippen LogP contribution in [0.1, 0.15) is 69.2 Å². The lowest BCUT2D eigenvalue weighted by Crippen LogP contribution is -2.50. The van der Waals surface area contributed by atoms with Gasteiger partial charge in [-0.25, -0.2) is 4.79 Å². The first-order valence-electron chi connectivity index (χ1n) is 14.1. The van der Waals surface area contributed by atoms with E-state index >= 15 is 0 Å². The van der Waals surface area contributed by atoms with Gasteiger partial charge in [0.2, 0.25) is 8.32 Å². The molecule has 6 nitrogen and oxygen atoms in total. The molecule has 3 atom stereocenters. The Balaban J connectivity index is 6.08. The minimum atomic E-state index is -3.28. The van der Waals surface area contributed by atoms with Crippen LogP contribution in [0.5, 0.6) is 0 Å². The van der Waals surface area contributed by atoms with E-state index in [0.717, 1.165) is 6.04 Å². The molecule has 218 valence electrons. The lowest BCUT2D eigenvalue weighted by molar-refractivity contribution is -0.137. The second-order valence-corrected chi connectivity index (χ2v) is 25.5. The number of carbonyl (C=O) groups excluding carboxylic acids is 1. The van der Waals surface area contributed by atoms with E-state index in [-0.39, 0.29) is 18.0 Å². The molecule has 37 heavy (non-hydrogen) atoms. The summed E-state index contributed by atoms with van der Waals surface area (Å²) in [6, 6.07) is 0.944. The van der Waals surface area contributed by atoms with E-state index in [1.807, 2.05) is 39.0 Å². The average Bonchev–Trinajstić information content (AvgIpc) is 2.76. The standard InChI is InChI=1S/C28H57O6PSi2/c1-14-32-35(30,33-15-2)26(10)17-18-27(34-37(22(3)4,23(5)6)24(7)8)25(9)16-19-28(29)31-20-21-36(11,12)13/h16-19,22-27H,14-15,20-21H2,1-13H3/b18-17+,19-16+/t25-,26?,27-/m0/s1. The third kappa shape index (κ3) is 12.0. The van der Waals surface area contributed by atoms with Crippen molar-refractivity contribution in [2.45, 2.75) is 123 Å². The lowest BCUT2D eigenvalue weighted by Gasteiger charge is -2.45. The Morgan fingerprint density at radius 3 is 1.70 bits per heavy atom. The summed E-state index contributed by atoms with van der Waals surface area (Å²) >= 11 is 0. The normalized spacial score (nSPS) is 16.3. The first-order chi connectivity index (χ1) is 17.0. The highest BCUT2D eigenvalue weighted by Crippen LogP contribution is 2.53. The SMILES string of the molecule is CCOP(=O)(OCC)C(C)/C=C/[C@H](O[Si](C(C)C)(C(C)C)C(C)C)[C@@H](C)/C=C/C(=O)OCC[Si](C)(C)C. The third-order valence-corrected chi connectivity index (χ3v) is 17.1. The van der Waals surface area contributed by atoms with E-state index in [2.05, 4.69) is 68.1 Å². The zero-order valence-corrected chi connectivity index (χ0v) is 28.9. The third-order valence-electron chi connectivity index (χ3n) is 6.89. The van der Waals surface area contributed by atoms with Crippen LogP contribution in [0.3, 0.4) is 0 Å². The Kier molecular flexibility index (Phi) is 16.3. The van der Waals surface area contributed by atoms with Gasteiger partial charge in [0.1, 0.15) is 0 Å². The molecule has 0 aromatic heterocycles. The number of esters is 1. The lowest BCUT2D eigenvalue weighted by atomic mass is 10.0. The second-order valence-electron chi connectivity index (χ2n) is 12.1. The molecule has 0 aliphatic heterocycles. The maximum absolute atomic E-state index is 13.3. The van der Waals surface area contributed by atoms with Crippen molar-refractivity contribution in [3.05, 3.63) is 24.3 Å². The van der Waals surface area contributed by atoms with Gasteiger partial charge >= 0.3 is 13.6 Å². The number of ether oxygens (including phenoxy) is 1. The molecule has 0 rings (SSSR count). The largest absolute Gasteiger partial charge is 0.463 e. The minimum absolute atomic E-state index is 0.0883. The molecular formula is C28H57O6PSi2. The second kappa shape index (κ2) is 16.6. The zero-order chi connectivity index (χ0) is 29.0. The molecule has 0 amide bonds. The van der Waals surface area contributed by atoms with Crippen LogP contribution in [-0.4, -0.2) is 53.9 Å². The molecular weight excluding hydrogens is 519 g/mol. The molecule has 0 spiro atoms. The van der Waals surface area contributed by atoms with Gasteiger partial charge in [-0.15, -0.1) is 0 Å². The fourth-order valence-corrected chi connectivity index (χ4v) is 12.7. The maximum atomic E-state index is 13.3. The van der Waals surface area contributed by atoms with Gasteiger partial charge in [0.05, 0.1) is 31.6 Å². The summed E-state index contributed by atoms with van der Waals surface area (Å²) in [6.45, 7) is 28.9. The number of carbonyl (C=O) groups is 1. The summed E-state index contributed by atoms with van der Waals surface area (Å²) < 4.78 is 37.0. The quantitative estimate of drug-likeness (QED) is 0.0534. The van der Waals surface area contributed by atoms with Crippen LogP contribution in [0, 0.1) is 5.92 Å². The summed E-state index contributed by atoms with van der Waals surface area (Å²) in [7, 11) is -6.78. The first-order valence-corrected chi connectivity index (χ1v) is 21.5. The van der Waals surface area contributed by atoms with Gasteiger partial charge in [-0.05, 0) is 43.4 Å². The molecule has 0 aromatic rings. The van der Waals surface area contributed by atoms with Gasteiger partial charge in [0.25, 0.3) is 0 Å². The van der Waals surface area contributed by atoms with Gasteiger partial charge in [0, 0.05) is 20.1 Å². The molecule has 0 fully saturated rings. The predicted molar refractivity (Wildman–Crippen MR) is 163 cm³/mol. The van der Waals surface area contributed by atoms with E-state index in [1.54, 1.807) is 0 Å². The highest BCUT2D eigenvalue weighted by Gasteiger charge is 2.47. The molecule has 0 aliphatic carbocycles. The fraction of sp³-hybridized carbons (Fsp3) is 0.821. The molecule has 0 radical (unpaired) electrons. The first kappa shape index (κ1) is 36.5. The van der Waals surface area contributed by atoms with E-state index in [4.69, 9.17) is 18.2 Å². The Labute approximate surface area is 230 Å². The van der Waals surface area contributed by atoms with E-state index in [1.165, 1.54) is 6.08 Å². The van der Waals surface area contributed by atoms with Gasteiger partial charge < -0.3 is 18.2 Å². The van der Waals surface area contributed by atoms with Crippen LogP contribution in [0.25, 0.3) is 0 Å². The van der Waals surface area contributed by atoms with E-state index < -0.39 is 29.6 Å². The van der Waals surface area contributed by atoms with Crippen molar-refractivity contribution in [2.24, 2.45) is 5.92 Å². The molecule has 0 bridgehead atoms. The minimum Gasteiger partial charge on any atom is -0.463 e. The van der Waals surface area contributed by atoms with Crippen LogP contribution in [0.15, 0.2) is 24.3 Å². The van der Waals surface area contributed by atoms with Crippen molar-refractivity contribution in [1.82, 2.24) is 0 Å². The Morgan fingerprint density at radius 2 is 1.30 bits per heavy atom. The van der Waals surface area contributed by atoms with Gasteiger partial charge in [-0.3, -0.25) is 4.57 Å². The van der Waals surface area contributed by atoms with Crippen LogP contribution in [0.2, 0.25) is 42.3 Å². The molecule has 0 heterocycles. The zero-order valence-electron chi connectivity index (χ0n) is 26.0. The summed E-state index contributed by atoms with van der Waals surface area (Å²) in [5.41, 5.74) is 0.791. The summed E-state index contributed by atoms with van der Waals surface area (Å²) in [5, 5.41) is 0. The summed E-state index contributed by atoms with van der Waals surface area (Å²) in [6.07, 6.45) is 7.01. The van der Waals surface area contributed by atoms with Crippen molar-refractivity contribution in [1.29, 1.82) is 0 Å². The van der Waals surface area contributed by atoms with Crippen LogP contribution < -0.4 is 0 Å². The topological polar surface area (TPSA) is 71.1 Å². The Hall–Kier alpha value is -0.506. The van der Waals surface area contributed by atoms with Crippen molar-refractivity contribution in [3.8, 4) is 0 Å². The Bertz CT molecular complexity index is 741. The molecule has 9 heteroatoms. The predicted octanol–water partition coefficient (Wildman–Crippen LogP) is 8.83. The fourth-order valence-electron chi connectivity index (χ4n) is 4.82. The van der Waals surface area contributed by atoms with Crippen LogP contribution in [-0.2, 0) is 27.6 Å². The molecule has 1 unspecified atom stereocenters. The summed E-state index contributed by atoms with van der Waals surface area (Å²) in [5.74, 6) is -0.409. The van der Waals surface area contributed by atoms with Crippen molar-refractivity contribution in [3.63, 3.8) is 0 Å². The number of allylic oxidation sites excluding steroid dienone is 1. The maximum Gasteiger partial charge on any atom is 0.337 e. The highest BCUT2D eigenvalue weighted by molar-refractivity contribution is 7.54. The van der Waals surface area contributed by atoms with Gasteiger partial charge in [0.15, 0.2) is 0 Å². The molecule has 0 saturated heterocycles. The number of hydrogen-bond donors (Lipinski definition) is 0. The van der Waals surface area contributed by atoms with Crippen molar-refractivity contribution in [2.75, 3.05) is 19.8 Å². The van der Waals surface area contributed by atoms with E-state index in [0.29, 0.717) is 36.4 Å². The van der Waals surface area contributed by atoms with Gasteiger partial charge in [-0.2, -0.15) is 0 Å². The number of hydrogen-bond acceptors (Lipinski definition) is 6. The van der Waals surface area contributed by atoms with E-state index in [9.17, 15) is 9.36 Å². The number of rotatable bonds is 18. The van der Waals surface area contributed by atoms with Crippen LogP contribution in [0.4, 0.5) is 0 Å². The van der Waals surface area contributed by atoms with Crippen molar-refractivity contribution >= 4 is 30.0 Å². The molecule has 0 N–H and O–H groups in total. The average molecular weight is 577 g/mol. The molecule has 0 aromatic carbocycles.